The van der Waals surface area contributed by atoms with Crippen molar-refractivity contribution in [3.8, 4) is 0 Å². The standard InChI is InChI=1S/C5H5N4O3PS/c10-13(11,14)12-9-3-8-4-1-6-2-7-5(4)9/h1-3H,(H2,10,11,14). The second-order valence-electron chi connectivity index (χ2n) is 2.37. The molecule has 0 saturated heterocycles. The van der Waals surface area contributed by atoms with Gasteiger partial charge in [0.25, 0.3) is 0 Å². The third-order valence-electron chi connectivity index (χ3n) is 1.38. The highest BCUT2D eigenvalue weighted by atomic mass is 32.5. The van der Waals surface area contributed by atoms with E-state index in [1.807, 2.05) is 0 Å². The first-order chi connectivity index (χ1) is 6.56. The summed E-state index contributed by atoms with van der Waals surface area (Å²) in [6.07, 6.45) is 4.01. The largest absolute Gasteiger partial charge is 0.395 e. The summed E-state index contributed by atoms with van der Waals surface area (Å²) in [4.78, 5) is 29.3. The topological polar surface area (TPSA) is 93.3 Å². The van der Waals surface area contributed by atoms with E-state index in [2.05, 4.69) is 31.4 Å². The van der Waals surface area contributed by atoms with Crippen molar-refractivity contribution in [2.75, 3.05) is 0 Å². The molecule has 0 amide bonds. The van der Waals surface area contributed by atoms with E-state index in [1.165, 1.54) is 18.9 Å². The number of fused-ring (bicyclic) bond motifs is 1. The van der Waals surface area contributed by atoms with Crippen molar-refractivity contribution in [2.24, 2.45) is 0 Å². The number of imidazole rings is 1. The van der Waals surface area contributed by atoms with Gasteiger partial charge in [0.15, 0.2) is 5.65 Å². The van der Waals surface area contributed by atoms with E-state index in [9.17, 15) is 0 Å². The molecular weight excluding hydrogens is 227 g/mol. The molecular formula is C5H5N4O3PS. The van der Waals surface area contributed by atoms with Gasteiger partial charge in [-0.25, -0.2) is 15.0 Å². The third-order valence-corrected chi connectivity index (χ3v) is 1.97. The Morgan fingerprint density at radius 1 is 1.43 bits per heavy atom. The maximum absolute atomic E-state index is 8.92. The zero-order valence-electron chi connectivity index (χ0n) is 6.68. The van der Waals surface area contributed by atoms with Crippen LogP contribution in [0.4, 0.5) is 0 Å². The summed E-state index contributed by atoms with van der Waals surface area (Å²) in [6, 6.07) is 0. The molecule has 0 radical (unpaired) electrons. The van der Waals surface area contributed by atoms with Gasteiger partial charge in [0.2, 0.25) is 0 Å². The molecule has 9 heteroatoms. The maximum Gasteiger partial charge on any atom is 0.395 e. The van der Waals surface area contributed by atoms with Crippen LogP contribution in [0.25, 0.3) is 11.2 Å². The number of rotatable bonds is 2. The Balaban J connectivity index is 2.49. The highest BCUT2D eigenvalue weighted by Crippen LogP contribution is 2.32. The smallest absolute Gasteiger partial charge is 0.329 e. The average Bonchev–Trinajstić information content (AvgIpc) is 2.47. The molecule has 2 heterocycles. The lowest BCUT2D eigenvalue weighted by Crippen LogP contribution is -2.07. The second-order valence-corrected chi connectivity index (χ2v) is 4.95. The summed E-state index contributed by atoms with van der Waals surface area (Å²) in [6.45, 7) is -3.76. The van der Waals surface area contributed by atoms with Crippen LogP contribution in [0.5, 0.6) is 0 Å². The van der Waals surface area contributed by atoms with Gasteiger partial charge >= 0.3 is 6.72 Å². The van der Waals surface area contributed by atoms with E-state index in [1.54, 1.807) is 0 Å². The molecule has 0 aromatic carbocycles. The van der Waals surface area contributed by atoms with Crippen LogP contribution in [-0.2, 0) is 11.8 Å². The fourth-order valence-corrected chi connectivity index (χ4v) is 1.48. The lowest BCUT2D eigenvalue weighted by molar-refractivity contribution is 0.231. The summed E-state index contributed by atoms with van der Waals surface area (Å²) < 4.78 is 5.67. The molecule has 0 aliphatic heterocycles. The van der Waals surface area contributed by atoms with Crippen LogP contribution in [0.3, 0.4) is 0 Å². The molecule has 74 valence electrons. The SMILES string of the molecule is OP(O)(=S)On1cnc2cncnc21. The third kappa shape index (κ3) is 1.88. The Morgan fingerprint density at radius 3 is 2.93 bits per heavy atom. The van der Waals surface area contributed by atoms with Crippen molar-refractivity contribution >= 4 is 29.7 Å². The molecule has 0 fully saturated rings. The van der Waals surface area contributed by atoms with Crippen molar-refractivity contribution in [3.63, 3.8) is 0 Å². The maximum atomic E-state index is 8.92. The fourth-order valence-electron chi connectivity index (χ4n) is 0.920. The molecule has 2 rings (SSSR count). The minimum atomic E-state index is -3.76. The first-order valence-corrected chi connectivity index (χ1v) is 6.07. The molecule has 0 aliphatic rings. The van der Waals surface area contributed by atoms with Crippen LogP contribution < -0.4 is 4.62 Å². The van der Waals surface area contributed by atoms with E-state index in [0.717, 1.165) is 4.73 Å². The number of hydrogen-bond acceptors (Lipinski definition) is 5. The van der Waals surface area contributed by atoms with Crippen LogP contribution >= 0.6 is 6.72 Å². The van der Waals surface area contributed by atoms with Gasteiger partial charge in [0, 0.05) is 11.8 Å². The molecule has 7 nitrogen and oxygen atoms in total. The molecule has 14 heavy (non-hydrogen) atoms. The van der Waals surface area contributed by atoms with Crippen LogP contribution in [0.1, 0.15) is 0 Å². The molecule has 0 atom stereocenters. The lowest BCUT2D eigenvalue weighted by atomic mass is 10.6. The summed E-state index contributed by atoms with van der Waals surface area (Å²) in [5, 5.41) is 0. The number of nitrogens with zero attached hydrogens (tertiary/aromatic N) is 4. The summed E-state index contributed by atoms with van der Waals surface area (Å²) in [7, 11) is 0. The molecule has 2 aromatic rings. The molecule has 0 bridgehead atoms. The minimum absolute atomic E-state index is 0.331. The van der Waals surface area contributed by atoms with Gasteiger partial charge in [-0.1, -0.05) is 0 Å². The Morgan fingerprint density at radius 2 is 2.21 bits per heavy atom. The van der Waals surface area contributed by atoms with Crippen molar-refractivity contribution in [1.29, 1.82) is 0 Å². The van der Waals surface area contributed by atoms with Gasteiger partial charge in [-0.2, -0.15) is 0 Å². The molecule has 0 spiro atoms. The zero-order valence-corrected chi connectivity index (χ0v) is 8.39. The Kier molecular flexibility index (Phi) is 2.20. The fraction of sp³-hybridized carbons (Fsp3) is 0. The summed E-state index contributed by atoms with van der Waals surface area (Å²) in [5.41, 5.74) is 0.813. The Hall–Kier alpha value is -1.08. The number of hydrogen-bond donors (Lipinski definition) is 2. The predicted molar refractivity (Wildman–Crippen MR) is 50.6 cm³/mol. The monoisotopic (exact) mass is 232 g/mol. The Labute approximate surface area is 83.2 Å². The molecule has 0 aliphatic carbocycles. The van der Waals surface area contributed by atoms with Gasteiger partial charge in [0.1, 0.15) is 18.2 Å². The molecule has 0 saturated carbocycles. The Bertz CT molecular complexity index is 508. The van der Waals surface area contributed by atoms with Crippen molar-refractivity contribution < 1.29 is 14.4 Å². The van der Waals surface area contributed by atoms with Crippen LogP contribution in [0.2, 0.25) is 0 Å². The number of aromatic nitrogens is 4. The van der Waals surface area contributed by atoms with E-state index >= 15 is 0 Å². The van der Waals surface area contributed by atoms with Crippen LogP contribution in [-0.4, -0.2) is 29.5 Å². The summed E-state index contributed by atoms with van der Waals surface area (Å²) >= 11 is 4.30. The van der Waals surface area contributed by atoms with Crippen LogP contribution in [0.15, 0.2) is 18.9 Å². The molecule has 2 aromatic heterocycles. The lowest BCUT2D eigenvalue weighted by Gasteiger charge is -2.08. The predicted octanol–water partition coefficient (Wildman–Crippen LogP) is -0.536. The van der Waals surface area contributed by atoms with Gasteiger partial charge in [-0.3, -0.25) is 0 Å². The van der Waals surface area contributed by atoms with E-state index in [0.29, 0.717) is 11.2 Å². The first kappa shape index (κ1) is 9.47. The first-order valence-electron chi connectivity index (χ1n) is 3.45. The van der Waals surface area contributed by atoms with E-state index < -0.39 is 6.72 Å². The highest BCUT2D eigenvalue weighted by Gasteiger charge is 2.13. The van der Waals surface area contributed by atoms with Crippen LogP contribution in [0, 0.1) is 0 Å². The van der Waals surface area contributed by atoms with Crippen molar-refractivity contribution in [3.05, 3.63) is 18.9 Å². The zero-order chi connectivity index (χ0) is 10.2. The highest BCUT2D eigenvalue weighted by molar-refractivity contribution is 8.06. The van der Waals surface area contributed by atoms with Crippen molar-refractivity contribution in [2.45, 2.75) is 0 Å². The minimum Gasteiger partial charge on any atom is -0.329 e. The van der Waals surface area contributed by atoms with Gasteiger partial charge in [-0.15, -0.1) is 4.73 Å². The van der Waals surface area contributed by atoms with E-state index in [4.69, 9.17) is 9.79 Å². The van der Waals surface area contributed by atoms with E-state index in [-0.39, 0.29) is 0 Å². The summed E-state index contributed by atoms with van der Waals surface area (Å²) in [5.74, 6) is 0. The normalized spacial score (nSPS) is 11.9. The average molecular weight is 232 g/mol. The van der Waals surface area contributed by atoms with Gasteiger partial charge < -0.3 is 14.4 Å². The molecule has 2 N–H and O–H groups in total. The second kappa shape index (κ2) is 3.25. The van der Waals surface area contributed by atoms with Gasteiger partial charge in [-0.05, 0) is 0 Å². The van der Waals surface area contributed by atoms with Gasteiger partial charge in [0.05, 0.1) is 6.20 Å². The molecule has 0 unspecified atom stereocenters. The quantitative estimate of drug-likeness (QED) is 0.672. The van der Waals surface area contributed by atoms with Crippen molar-refractivity contribution in [1.82, 2.24) is 19.7 Å².